The lowest BCUT2D eigenvalue weighted by Crippen LogP contribution is -2.08. The number of carboxylic acid groups (broad SMARTS) is 1. The molecule has 0 radical (unpaired) electrons. The van der Waals surface area contributed by atoms with Crippen molar-refractivity contribution in [2.45, 2.75) is 6.42 Å². The maximum Gasteiger partial charge on any atom is 0.335 e. The summed E-state index contributed by atoms with van der Waals surface area (Å²) in [5.41, 5.74) is 0.905. The van der Waals surface area contributed by atoms with Crippen LogP contribution < -0.4 is 5.32 Å². The van der Waals surface area contributed by atoms with Gasteiger partial charge in [0.05, 0.1) is 29.5 Å². The van der Waals surface area contributed by atoms with Crippen LogP contribution in [0, 0.1) is 0 Å². The smallest absolute Gasteiger partial charge is 0.335 e. The molecule has 1 aromatic rings. The number of hydrogen-bond donors (Lipinski definition) is 2. The minimum atomic E-state index is -0.986. The molecule has 1 aromatic carbocycles. The van der Waals surface area contributed by atoms with Gasteiger partial charge in [0.2, 0.25) is 0 Å². The molecule has 1 rings (SSSR count). The van der Waals surface area contributed by atoms with Crippen LogP contribution in [0.4, 0.5) is 5.69 Å². The number of methoxy groups -OCH3 is 1. The van der Waals surface area contributed by atoms with Crippen molar-refractivity contribution in [1.29, 1.82) is 0 Å². The summed E-state index contributed by atoms with van der Waals surface area (Å²) in [6, 6.07) is 4.62. The number of aromatic carboxylic acids is 1. The molecule has 0 aliphatic rings. The zero-order chi connectivity index (χ0) is 14.1. The summed E-state index contributed by atoms with van der Waals surface area (Å²) in [7, 11) is 1.63. The highest BCUT2D eigenvalue weighted by Crippen LogP contribution is 2.22. The van der Waals surface area contributed by atoms with Crippen molar-refractivity contribution in [2.24, 2.45) is 0 Å². The highest BCUT2D eigenvalue weighted by Gasteiger charge is 2.06. The third kappa shape index (κ3) is 5.92. The molecule has 0 aromatic heterocycles. The summed E-state index contributed by atoms with van der Waals surface area (Å²) in [6.45, 7) is 2.53. The molecule has 0 saturated heterocycles. The first-order valence-electron chi connectivity index (χ1n) is 5.98. The minimum absolute atomic E-state index is 0.179. The second-order valence-electron chi connectivity index (χ2n) is 3.89. The highest BCUT2D eigenvalue weighted by molar-refractivity contribution is 6.33. The van der Waals surface area contributed by atoms with E-state index in [0.717, 1.165) is 12.1 Å². The summed E-state index contributed by atoms with van der Waals surface area (Å²) in [6.07, 6.45) is 0.834. The Kier molecular flexibility index (Phi) is 7.25. The summed E-state index contributed by atoms with van der Waals surface area (Å²) in [5.74, 6) is -0.986. The largest absolute Gasteiger partial charge is 0.478 e. The Labute approximate surface area is 117 Å². The van der Waals surface area contributed by atoms with Crippen LogP contribution in [0.5, 0.6) is 0 Å². The fraction of sp³-hybridized carbons (Fsp3) is 0.462. The minimum Gasteiger partial charge on any atom is -0.478 e. The fourth-order valence-electron chi connectivity index (χ4n) is 1.43. The predicted molar refractivity (Wildman–Crippen MR) is 74.2 cm³/mol. The van der Waals surface area contributed by atoms with Gasteiger partial charge in [0.25, 0.3) is 0 Å². The fourth-order valence-corrected chi connectivity index (χ4v) is 1.68. The molecule has 0 amide bonds. The Morgan fingerprint density at radius 3 is 2.79 bits per heavy atom. The van der Waals surface area contributed by atoms with Crippen LogP contribution in [0.15, 0.2) is 18.2 Å². The third-order valence-corrected chi connectivity index (χ3v) is 2.74. The van der Waals surface area contributed by atoms with Crippen LogP contribution in [0.1, 0.15) is 16.8 Å². The van der Waals surface area contributed by atoms with Gasteiger partial charge < -0.3 is 19.9 Å². The first kappa shape index (κ1) is 15.8. The molecule has 2 N–H and O–H groups in total. The summed E-state index contributed by atoms with van der Waals surface area (Å²) < 4.78 is 10.2. The Hall–Kier alpha value is -1.30. The number of anilines is 1. The van der Waals surface area contributed by atoms with Gasteiger partial charge in [-0.1, -0.05) is 11.6 Å². The zero-order valence-electron chi connectivity index (χ0n) is 10.8. The lowest BCUT2D eigenvalue weighted by molar-refractivity contribution is 0.0697. The lowest BCUT2D eigenvalue weighted by atomic mass is 10.2. The van der Waals surface area contributed by atoms with E-state index in [1.54, 1.807) is 13.2 Å². The molecule has 5 nitrogen and oxygen atoms in total. The molecule has 106 valence electrons. The van der Waals surface area contributed by atoms with Gasteiger partial charge in [0.15, 0.2) is 0 Å². The van der Waals surface area contributed by atoms with Crippen LogP contribution in [-0.2, 0) is 9.47 Å². The molecule has 0 saturated carbocycles. The molecule has 0 aliphatic carbocycles. The van der Waals surface area contributed by atoms with E-state index in [2.05, 4.69) is 5.32 Å². The maximum atomic E-state index is 10.7. The quantitative estimate of drug-likeness (QED) is 0.683. The van der Waals surface area contributed by atoms with Gasteiger partial charge in [0, 0.05) is 20.3 Å². The number of hydrogen-bond acceptors (Lipinski definition) is 4. The van der Waals surface area contributed by atoms with E-state index in [0.29, 0.717) is 31.4 Å². The van der Waals surface area contributed by atoms with Crippen molar-refractivity contribution in [1.82, 2.24) is 0 Å². The Morgan fingerprint density at radius 1 is 1.37 bits per heavy atom. The SMILES string of the molecule is COCCOCCCNc1ccc(C(=O)O)cc1Cl. The van der Waals surface area contributed by atoms with E-state index in [-0.39, 0.29) is 5.56 Å². The highest BCUT2D eigenvalue weighted by atomic mass is 35.5. The average molecular weight is 288 g/mol. The molecule has 0 fully saturated rings. The van der Waals surface area contributed by atoms with Gasteiger partial charge in [-0.05, 0) is 24.6 Å². The molecule has 0 heterocycles. The Bertz CT molecular complexity index is 412. The van der Waals surface area contributed by atoms with Gasteiger partial charge in [-0.15, -0.1) is 0 Å². The average Bonchev–Trinajstić information content (AvgIpc) is 2.39. The molecule has 0 aliphatic heterocycles. The molecule has 19 heavy (non-hydrogen) atoms. The number of carboxylic acids is 1. The van der Waals surface area contributed by atoms with Crippen LogP contribution in [0.2, 0.25) is 5.02 Å². The lowest BCUT2D eigenvalue weighted by Gasteiger charge is -2.09. The molecule has 0 unspecified atom stereocenters. The number of rotatable bonds is 9. The van der Waals surface area contributed by atoms with Crippen LogP contribution in [0.3, 0.4) is 0 Å². The topological polar surface area (TPSA) is 67.8 Å². The Balaban J connectivity index is 2.28. The van der Waals surface area contributed by atoms with Crippen LogP contribution >= 0.6 is 11.6 Å². The van der Waals surface area contributed by atoms with Gasteiger partial charge in [-0.2, -0.15) is 0 Å². The second kappa shape index (κ2) is 8.74. The predicted octanol–water partition coefficient (Wildman–Crippen LogP) is 2.50. The van der Waals surface area contributed by atoms with Gasteiger partial charge in [-0.25, -0.2) is 4.79 Å². The van der Waals surface area contributed by atoms with Gasteiger partial charge in [0.1, 0.15) is 0 Å². The molecule has 6 heteroatoms. The molecular weight excluding hydrogens is 270 g/mol. The van der Waals surface area contributed by atoms with E-state index in [1.807, 2.05) is 0 Å². The third-order valence-electron chi connectivity index (χ3n) is 2.43. The van der Waals surface area contributed by atoms with E-state index in [9.17, 15) is 4.79 Å². The number of halogens is 1. The van der Waals surface area contributed by atoms with Crippen LogP contribution in [-0.4, -0.2) is 44.6 Å². The first-order valence-corrected chi connectivity index (χ1v) is 6.36. The van der Waals surface area contributed by atoms with Gasteiger partial charge >= 0.3 is 5.97 Å². The van der Waals surface area contributed by atoms with Crippen LogP contribution in [0.25, 0.3) is 0 Å². The molecule has 0 spiro atoms. The van der Waals surface area contributed by atoms with E-state index in [4.69, 9.17) is 26.2 Å². The van der Waals surface area contributed by atoms with Crippen molar-refractivity contribution in [3.05, 3.63) is 28.8 Å². The Morgan fingerprint density at radius 2 is 2.16 bits per heavy atom. The van der Waals surface area contributed by atoms with Crippen molar-refractivity contribution < 1.29 is 19.4 Å². The normalized spacial score (nSPS) is 10.4. The zero-order valence-corrected chi connectivity index (χ0v) is 11.6. The summed E-state index contributed by atoms with van der Waals surface area (Å²) in [5, 5.41) is 12.3. The number of carbonyl (C=O) groups is 1. The molecule has 0 atom stereocenters. The monoisotopic (exact) mass is 287 g/mol. The standard InChI is InChI=1S/C13H18ClNO4/c1-18-7-8-19-6-2-5-15-12-4-3-10(13(16)17)9-11(12)14/h3-4,9,15H,2,5-8H2,1H3,(H,16,17). The van der Waals surface area contributed by atoms with Crippen molar-refractivity contribution in [3.8, 4) is 0 Å². The first-order chi connectivity index (χ1) is 9.15. The van der Waals surface area contributed by atoms with Crippen molar-refractivity contribution in [3.63, 3.8) is 0 Å². The number of nitrogens with one attached hydrogen (secondary N) is 1. The van der Waals surface area contributed by atoms with Crippen molar-refractivity contribution in [2.75, 3.05) is 38.8 Å². The maximum absolute atomic E-state index is 10.7. The van der Waals surface area contributed by atoms with E-state index in [1.165, 1.54) is 12.1 Å². The summed E-state index contributed by atoms with van der Waals surface area (Å²) in [4.78, 5) is 10.7. The number of benzene rings is 1. The summed E-state index contributed by atoms with van der Waals surface area (Å²) >= 11 is 5.98. The molecular formula is C13H18ClNO4. The number of ether oxygens (including phenoxy) is 2. The molecule has 0 bridgehead atoms. The van der Waals surface area contributed by atoms with E-state index < -0.39 is 5.97 Å². The van der Waals surface area contributed by atoms with Crippen molar-refractivity contribution >= 4 is 23.3 Å². The second-order valence-corrected chi connectivity index (χ2v) is 4.29. The van der Waals surface area contributed by atoms with Gasteiger partial charge in [-0.3, -0.25) is 0 Å². The van der Waals surface area contributed by atoms with E-state index >= 15 is 0 Å².